The van der Waals surface area contributed by atoms with E-state index in [1.807, 2.05) is 30.4 Å². The molecule has 0 aliphatic rings. The second-order valence-corrected chi connectivity index (χ2v) is 18.7. The van der Waals surface area contributed by atoms with Crippen LogP contribution < -0.4 is 0 Å². The summed E-state index contributed by atoms with van der Waals surface area (Å²) < 4.78 is 39.3. The third-order valence-electron chi connectivity index (χ3n) is 10.4. The fourth-order valence-electron chi connectivity index (χ4n) is 6.39. The van der Waals surface area contributed by atoms with Crippen LogP contribution >= 0.6 is 7.82 Å². The number of hydrogen-bond donors (Lipinski definition) is 2. The predicted octanol–water partition coefficient (Wildman–Crippen LogP) is 16.1. The molecule has 0 radical (unpaired) electrons. The Bertz CT molecular complexity index is 1840. The van der Waals surface area contributed by atoms with E-state index in [1.54, 1.807) is 0 Å². The van der Waals surface area contributed by atoms with Gasteiger partial charge in [-0.15, -0.1) is 0 Å². The van der Waals surface area contributed by atoms with Gasteiger partial charge in [-0.1, -0.05) is 192 Å². The first kappa shape index (κ1) is 69.1. The van der Waals surface area contributed by atoms with Crippen molar-refractivity contribution in [1.29, 1.82) is 0 Å². The highest BCUT2D eigenvalue weighted by atomic mass is 31.2. The maximum atomic E-state index is 12.9. The van der Waals surface area contributed by atoms with Gasteiger partial charge in [0.15, 0.2) is 6.10 Å². The van der Waals surface area contributed by atoms with Crippen molar-refractivity contribution in [2.45, 2.75) is 187 Å². The zero-order chi connectivity index (χ0) is 54.1. The van der Waals surface area contributed by atoms with Crippen molar-refractivity contribution >= 4 is 25.7 Å². The van der Waals surface area contributed by atoms with Crippen molar-refractivity contribution in [3.8, 4) is 0 Å². The Hall–Kier alpha value is -4.90. The van der Waals surface area contributed by atoms with E-state index in [0.717, 1.165) is 109 Å². The maximum Gasteiger partial charge on any atom is 0.472 e. The zero-order valence-electron chi connectivity index (χ0n) is 45.5. The minimum absolute atomic E-state index is 0.0409. The molecule has 12 heteroatoms. The average Bonchev–Trinajstić information content (AvgIpc) is 3.39. The van der Waals surface area contributed by atoms with E-state index in [-0.39, 0.29) is 19.3 Å². The second-order valence-electron chi connectivity index (χ2n) is 17.2. The van der Waals surface area contributed by atoms with Crippen molar-refractivity contribution in [3.05, 3.63) is 158 Å². The molecule has 0 aromatic rings. The van der Waals surface area contributed by atoms with Crippen LogP contribution in [0.5, 0.6) is 0 Å². The van der Waals surface area contributed by atoms with Crippen LogP contribution in [0.2, 0.25) is 0 Å². The summed E-state index contributed by atoms with van der Waals surface area (Å²) in [6.45, 7) is 4.08. The normalized spacial score (nSPS) is 14.6. The molecule has 0 aliphatic carbocycles. The van der Waals surface area contributed by atoms with E-state index < -0.39 is 64.4 Å². The van der Waals surface area contributed by atoms with Gasteiger partial charge in [0.2, 0.25) is 0 Å². The summed E-state index contributed by atoms with van der Waals surface area (Å²) in [6.07, 6.45) is 70.9. The molecule has 2 N–H and O–H groups in total. The molecule has 0 fully saturated rings. The molecule has 3 atom stereocenters. The van der Waals surface area contributed by atoms with Gasteiger partial charge in [0.05, 0.1) is 19.8 Å². The molecule has 0 aliphatic heterocycles. The number of aliphatic hydroxyl groups is 1. The lowest BCUT2D eigenvalue weighted by Gasteiger charge is -2.21. The molecule has 0 aromatic carbocycles. The van der Waals surface area contributed by atoms with Gasteiger partial charge in [0.1, 0.15) is 12.7 Å². The summed E-state index contributed by atoms with van der Waals surface area (Å²) in [4.78, 5) is 48.4. The Morgan fingerprint density at radius 1 is 0.378 bits per heavy atom. The van der Waals surface area contributed by atoms with Crippen LogP contribution in [0.15, 0.2) is 158 Å². The number of carbonyl (C=O) groups excluding carboxylic acids is 3. The molecule has 0 saturated carbocycles. The molecular formula is C62H95O11P. The lowest BCUT2D eigenvalue weighted by atomic mass is 10.1. The molecular weight excluding hydrogens is 952 g/mol. The minimum atomic E-state index is -4.80. The third-order valence-corrected chi connectivity index (χ3v) is 11.4. The van der Waals surface area contributed by atoms with Crippen LogP contribution in [0.25, 0.3) is 0 Å². The number of rotatable bonds is 48. The number of ether oxygens (including phenoxy) is 3. The number of phosphoric ester groups is 1. The molecule has 74 heavy (non-hydrogen) atoms. The Labute approximate surface area is 447 Å². The minimum Gasteiger partial charge on any atom is -0.462 e. The van der Waals surface area contributed by atoms with Gasteiger partial charge in [-0.2, -0.15) is 0 Å². The van der Waals surface area contributed by atoms with Crippen molar-refractivity contribution in [2.75, 3.05) is 26.4 Å². The van der Waals surface area contributed by atoms with Crippen molar-refractivity contribution in [2.24, 2.45) is 0 Å². The van der Waals surface area contributed by atoms with Crippen molar-refractivity contribution in [3.63, 3.8) is 0 Å². The molecule has 0 aromatic heterocycles. The molecule has 0 heterocycles. The van der Waals surface area contributed by atoms with E-state index in [2.05, 4.69) is 148 Å². The second kappa shape index (κ2) is 54.4. The molecule has 0 bridgehead atoms. The summed E-state index contributed by atoms with van der Waals surface area (Å²) in [7, 11) is -4.80. The number of carbonyl (C=O) groups is 3. The topological polar surface area (TPSA) is 155 Å². The smallest absolute Gasteiger partial charge is 0.462 e. The van der Waals surface area contributed by atoms with Gasteiger partial charge in [0, 0.05) is 19.3 Å². The number of aliphatic hydroxyl groups excluding tert-OH is 1. The Morgan fingerprint density at radius 3 is 1.12 bits per heavy atom. The number of hydrogen-bond acceptors (Lipinski definition) is 10. The van der Waals surface area contributed by atoms with Crippen LogP contribution in [0.4, 0.5) is 0 Å². The van der Waals surface area contributed by atoms with Gasteiger partial charge in [0.25, 0.3) is 0 Å². The van der Waals surface area contributed by atoms with E-state index in [9.17, 15) is 28.9 Å². The van der Waals surface area contributed by atoms with E-state index in [4.69, 9.17) is 23.3 Å². The highest BCUT2D eigenvalue weighted by Crippen LogP contribution is 2.43. The van der Waals surface area contributed by atoms with Gasteiger partial charge in [-0.05, 0) is 122 Å². The highest BCUT2D eigenvalue weighted by molar-refractivity contribution is 7.47. The molecule has 0 rings (SSSR count). The van der Waals surface area contributed by atoms with Gasteiger partial charge < -0.3 is 24.2 Å². The number of allylic oxidation sites excluding steroid dienone is 26. The SMILES string of the molecule is CC/C=C\C/C=C\C/C=C\C/C=C\C/C=C\CCCC(=O)OCC(COP(=O)(O)OCC(CO)OC(=O)CC/C=C\C/C=C\C/C=C\C/C=C\CC)OC(=O)CCCCCC/C=C\C/C=C\C/C=C\C/C=C\CC. The Kier molecular flexibility index (Phi) is 50.8. The van der Waals surface area contributed by atoms with E-state index in [1.165, 1.54) is 0 Å². The quantitative estimate of drug-likeness (QED) is 0.0197. The Balaban J connectivity index is 4.96. The highest BCUT2D eigenvalue weighted by Gasteiger charge is 2.28. The third kappa shape index (κ3) is 52.0. The van der Waals surface area contributed by atoms with Crippen LogP contribution in [-0.4, -0.2) is 66.5 Å². The monoisotopic (exact) mass is 1050 g/mol. The van der Waals surface area contributed by atoms with Crippen LogP contribution in [0.3, 0.4) is 0 Å². The average molecular weight is 1050 g/mol. The lowest BCUT2D eigenvalue weighted by molar-refractivity contribution is -0.161. The first-order valence-electron chi connectivity index (χ1n) is 27.4. The number of unbranched alkanes of at least 4 members (excludes halogenated alkanes) is 5. The summed E-state index contributed by atoms with van der Waals surface area (Å²) in [6, 6.07) is 0. The van der Waals surface area contributed by atoms with Crippen LogP contribution in [0.1, 0.15) is 175 Å². The molecule has 11 nitrogen and oxygen atoms in total. The molecule has 3 unspecified atom stereocenters. The molecule has 414 valence electrons. The van der Waals surface area contributed by atoms with Crippen molar-refractivity contribution < 1.29 is 52.2 Å². The zero-order valence-corrected chi connectivity index (χ0v) is 46.4. The summed E-state index contributed by atoms with van der Waals surface area (Å²) in [5.74, 6) is -1.68. The van der Waals surface area contributed by atoms with Crippen molar-refractivity contribution in [1.82, 2.24) is 0 Å². The Morgan fingerprint density at radius 2 is 0.703 bits per heavy atom. The number of esters is 3. The molecule has 0 saturated heterocycles. The maximum absolute atomic E-state index is 12.9. The van der Waals surface area contributed by atoms with E-state index in [0.29, 0.717) is 25.7 Å². The first-order valence-corrected chi connectivity index (χ1v) is 28.9. The number of phosphoric acid groups is 1. The fraction of sp³-hybridized carbons (Fsp3) is 0.532. The standard InChI is InChI=1S/C62H95O11P/c1-4-7-10-13-16-19-22-25-27-29-31-34-36-39-42-45-48-51-60(64)69-55-59(73-62(66)53-50-47-44-41-38-35-32-30-28-26-23-20-17-14-11-8-5-2)57-71-74(67,68)70-56-58(54-63)72-61(65)52-49-46-43-40-37-33-24-21-18-15-12-9-6-3/h7-12,16-21,25-28,31-35,37,39,42-43,46,58-59,63H,4-6,13-15,22-24,29-30,36,38,40-41,44-45,47-57H2,1-3H3,(H,67,68)/b10-7-,11-8-,12-9-,19-16-,20-17-,21-18-,27-25-,28-26-,34-31-,35-32-,37-33-,42-39-,46-43-. The summed E-state index contributed by atoms with van der Waals surface area (Å²) >= 11 is 0. The molecule has 0 amide bonds. The molecule has 0 spiro atoms. The van der Waals surface area contributed by atoms with Crippen LogP contribution in [0, 0.1) is 0 Å². The largest absolute Gasteiger partial charge is 0.472 e. The summed E-state index contributed by atoms with van der Waals surface area (Å²) in [5, 5.41) is 9.78. The van der Waals surface area contributed by atoms with E-state index >= 15 is 0 Å². The van der Waals surface area contributed by atoms with Gasteiger partial charge >= 0.3 is 25.7 Å². The summed E-state index contributed by atoms with van der Waals surface area (Å²) in [5.41, 5.74) is 0. The van der Waals surface area contributed by atoms with Gasteiger partial charge in [-0.25, -0.2) is 4.57 Å². The van der Waals surface area contributed by atoms with Gasteiger partial charge in [-0.3, -0.25) is 23.4 Å². The first-order chi connectivity index (χ1) is 36.2. The fourth-order valence-corrected chi connectivity index (χ4v) is 7.18. The predicted molar refractivity (Wildman–Crippen MR) is 306 cm³/mol. The van der Waals surface area contributed by atoms with Crippen LogP contribution in [-0.2, 0) is 42.2 Å². The lowest BCUT2D eigenvalue weighted by Crippen LogP contribution is -2.30.